The van der Waals surface area contributed by atoms with Gasteiger partial charge in [0, 0.05) is 25.0 Å². The number of hydrogen-bond acceptors (Lipinski definition) is 4. The molecule has 0 saturated heterocycles. The van der Waals surface area contributed by atoms with E-state index in [-0.39, 0.29) is 25.0 Å². The average molecular weight is 314 g/mol. The lowest BCUT2D eigenvalue weighted by Gasteiger charge is -2.16. The summed E-state index contributed by atoms with van der Waals surface area (Å²) in [7, 11) is 0. The van der Waals surface area contributed by atoms with Crippen LogP contribution in [-0.2, 0) is 0 Å². The van der Waals surface area contributed by atoms with Crippen molar-refractivity contribution in [3.05, 3.63) is 65.2 Å². The molecule has 0 fully saturated rings. The van der Waals surface area contributed by atoms with Gasteiger partial charge in [0.2, 0.25) is 0 Å². The second kappa shape index (κ2) is 7.90. The summed E-state index contributed by atoms with van der Waals surface area (Å²) in [5.74, 6) is -0.155. The quantitative estimate of drug-likeness (QED) is 0.635. The highest BCUT2D eigenvalue weighted by atomic mass is 16.5. The summed E-state index contributed by atoms with van der Waals surface area (Å²) in [6.07, 6.45) is 0. The first kappa shape index (κ1) is 17.2. The molecule has 0 saturated carbocycles. The van der Waals surface area contributed by atoms with Crippen LogP contribution in [0.25, 0.3) is 0 Å². The zero-order valence-electron chi connectivity index (χ0n) is 13.4. The first-order valence-corrected chi connectivity index (χ1v) is 7.69. The molecule has 122 valence electrons. The monoisotopic (exact) mass is 314 g/mol. The van der Waals surface area contributed by atoms with Crippen molar-refractivity contribution in [3.8, 4) is 5.75 Å². The molecule has 2 aromatic carbocycles. The van der Waals surface area contributed by atoms with Crippen LogP contribution in [0.1, 0.15) is 47.2 Å². The molecule has 0 aliphatic heterocycles. The first-order chi connectivity index (χ1) is 11.0. The minimum atomic E-state index is -0.449. The van der Waals surface area contributed by atoms with E-state index in [0.717, 1.165) is 11.1 Å². The Morgan fingerprint density at radius 1 is 0.957 bits per heavy atom. The predicted molar refractivity (Wildman–Crippen MR) is 88.8 cm³/mol. The van der Waals surface area contributed by atoms with Crippen molar-refractivity contribution in [1.29, 1.82) is 0 Å². The van der Waals surface area contributed by atoms with Gasteiger partial charge >= 0.3 is 5.97 Å². The molecule has 0 radical (unpaired) electrons. The van der Waals surface area contributed by atoms with E-state index in [9.17, 15) is 15.0 Å². The molecule has 0 spiro atoms. The number of carbonyl (C=O) groups is 1. The van der Waals surface area contributed by atoms with E-state index in [1.165, 1.54) is 0 Å². The van der Waals surface area contributed by atoms with E-state index in [2.05, 4.69) is 0 Å². The maximum atomic E-state index is 12.4. The number of benzene rings is 2. The maximum Gasteiger partial charge on any atom is 0.343 e. The highest BCUT2D eigenvalue weighted by molar-refractivity contribution is 5.91. The molecular formula is C19H22O4. The Bertz CT molecular complexity index is 623. The van der Waals surface area contributed by atoms with Crippen LogP contribution in [0.4, 0.5) is 0 Å². The number of aliphatic hydroxyl groups excluding tert-OH is 2. The molecule has 0 aromatic heterocycles. The van der Waals surface area contributed by atoms with Gasteiger partial charge in [-0.15, -0.1) is 0 Å². The lowest BCUT2D eigenvalue weighted by molar-refractivity contribution is 0.0734. The molecule has 0 aliphatic carbocycles. The van der Waals surface area contributed by atoms with E-state index in [1.54, 1.807) is 36.4 Å². The van der Waals surface area contributed by atoms with Gasteiger partial charge in [-0.05, 0) is 35.4 Å². The summed E-state index contributed by atoms with van der Waals surface area (Å²) in [6.45, 7) is 3.75. The maximum absolute atomic E-state index is 12.4. The van der Waals surface area contributed by atoms with Crippen LogP contribution in [-0.4, -0.2) is 29.4 Å². The van der Waals surface area contributed by atoms with Crippen molar-refractivity contribution in [1.82, 2.24) is 0 Å². The fraction of sp³-hybridized carbons (Fsp3) is 0.316. The molecule has 2 atom stereocenters. The third-order valence-electron chi connectivity index (χ3n) is 3.85. The number of para-hydroxylation sites is 1. The second-order valence-electron chi connectivity index (χ2n) is 5.76. The van der Waals surface area contributed by atoms with E-state index < -0.39 is 5.97 Å². The van der Waals surface area contributed by atoms with Crippen molar-refractivity contribution in [2.24, 2.45) is 0 Å². The standard InChI is InChI=1S/C19H22O4/c1-13(11-20)15-8-16(14(2)12-21)10-17(9-15)19(22)23-18-6-4-3-5-7-18/h3-10,13-14,20-21H,11-12H2,1-2H3. The van der Waals surface area contributed by atoms with Gasteiger partial charge in [-0.25, -0.2) is 4.79 Å². The van der Waals surface area contributed by atoms with Crippen molar-refractivity contribution < 1.29 is 19.7 Å². The summed E-state index contributed by atoms with van der Waals surface area (Å²) in [4.78, 5) is 12.4. The van der Waals surface area contributed by atoms with Crippen molar-refractivity contribution >= 4 is 5.97 Å². The molecule has 0 heterocycles. The second-order valence-corrected chi connectivity index (χ2v) is 5.76. The molecule has 0 bridgehead atoms. The average Bonchev–Trinajstić information content (AvgIpc) is 2.60. The van der Waals surface area contributed by atoms with Gasteiger partial charge in [0.05, 0.1) is 5.56 Å². The highest BCUT2D eigenvalue weighted by Crippen LogP contribution is 2.24. The highest BCUT2D eigenvalue weighted by Gasteiger charge is 2.16. The summed E-state index contributed by atoms with van der Waals surface area (Å²) in [6, 6.07) is 14.3. The van der Waals surface area contributed by atoms with Crippen LogP contribution in [0, 0.1) is 0 Å². The molecule has 0 aliphatic rings. The lowest BCUT2D eigenvalue weighted by atomic mass is 9.92. The Balaban J connectivity index is 2.34. The normalized spacial score (nSPS) is 13.4. The lowest BCUT2D eigenvalue weighted by Crippen LogP contribution is -2.12. The Labute approximate surface area is 136 Å². The van der Waals surface area contributed by atoms with Gasteiger partial charge in [-0.2, -0.15) is 0 Å². The number of aliphatic hydroxyl groups is 2. The number of ether oxygens (including phenoxy) is 1. The van der Waals surface area contributed by atoms with E-state index in [1.807, 2.05) is 26.0 Å². The Morgan fingerprint density at radius 2 is 1.48 bits per heavy atom. The molecule has 0 amide bonds. The summed E-state index contributed by atoms with van der Waals surface area (Å²) < 4.78 is 5.37. The third kappa shape index (κ3) is 4.41. The number of carbonyl (C=O) groups excluding carboxylic acids is 1. The zero-order chi connectivity index (χ0) is 16.8. The van der Waals surface area contributed by atoms with E-state index >= 15 is 0 Å². The number of rotatable bonds is 6. The Hall–Kier alpha value is -2.17. The first-order valence-electron chi connectivity index (χ1n) is 7.69. The fourth-order valence-corrected chi connectivity index (χ4v) is 2.23. The van der Waals surface area contributed by atoms with E-state index in [4.69, 9.17) is 4.74 Å². The minimum Gasteiger partial charge on any atom is -0.423 e. The van der Waals surface area contributed by atoms with Gasteiger partial charge in [0.15, 0.2) is 0 Å². The molecule has 2 unspecified atom stereocenters. The van der Waals surface area contributed by atoms with Crippen LogP contribution in [0.2, 0.25) is 0 Å². The van der Waals surface area contributed by atoms with Crippen molar-refractivity contribution in [3.63, 3.8) is 0 Å². The van der Waals surface area contributed by atoms with Crippen LogP contribution >= 0.6 is 0 Å². The van der Waals surface area contributed by atoms with Gasteiger partial charge < -0.3 is 14.9 Å². The van der Waals surface area contributed by atoms with Crippen LogP contribution in [0.5, 0.6) is 5.75 Å². The number of esters is 1. The van der Waals surface area contributed by atoms with Crippen LogP contribution < -0.4 is 4.74 Å². The van der Waals surface area contributed by atoms with Crippen LogP contribution in [0.3, 0.4) is 0 Å². The number of hydrogen-bond donors (Lipinski definition) is 2. The predicted octanol–water partition coefficient (Wildman–Crippen LogP) is 3.10. The molecule has 23 heavy (non-hydrogen) atoms. The van der Waals surface area contributed by atoms with Gasteiger partial charge in [-0.3, -0.25) is 0 Å². The smallest absolute Gasteiger partial charge is 0.343 e. The topological polar surface area (TPSA) is 66.8 Å². The molecule has 4 heteroatoms. The van der Waals surface area contributed by atoms with Crippen molar-refractivity contribution in [2.75, 3.05) is 13.2 Å². The SMILES string of the molecule is CC(CO)c1cc(C(=O)Oc2ccccc2)cc(C(C)CO)c1. The minimum absolute atomic E-state index is 0.00979. The van der Waals surface area contributed by atoms with Crippen LogP contribution in [0.15, 0.2) is 48.5 Å². The molecule has 2 N–H and O–H groups in total. The Kier molecular flexibility index (Phi) is 5.90. The van der Waals surface area contributed by atoms with Crippen molar-refractivity contribution in [2.45, 2.75) is 25.7 Å². The van der Waals surface area contributed by atoms with Gasteiger partial charge in [0.25, 0.3) is 0 Å². The fourth-order valence-electron chi connectivity index (χ4n) is 2.23. The van der Waals surface area contributed by atoms with Gasteiger partial charge in [-0.1, -0.05) is 38.1 Å². The summed E-state index contributed by atoms with van der Waals surface area (Å²) >= 11 is 0. The molecule has 2 aromatic rings. The largest absolute Gasteiger partial charge is 0.423 e. The molecule has 2 rings (SSSR count). The third-order valence-corrected chi connectivity index (χ3v) is 3.85. The van der Waals surface area contributed by atoms with Gasteiger partial charge in [0.1, 0.15) is 5.75 Å². The summed E-state index contributed by atoms with van der Waals surface area (Å²) in [5, 5.41) is 18.7. The molecule has 4 nitrogen and oxygen atoms in total. The zero-order valence-corrected chi connectivity index (χ0v) is 13.4. The molecular weight excluding hydrogens is 292 g/mol. The van der Waals surface area contributed by atoms with E-state index in [0.29, 0.717) is 11.3 Å². The summed E-state index contributed by atoms with van der Waals surface area (Å²) in [5.41, 5.74) is 2.12. The Morgan fingerprint density at radius 3 is 1.96 bits per heavy atom.